The molecule has 0 N–H and O–H groups in total. The molecule has 0 aromatic carbocycles. The van der Waals surface area contributed by atoms with Crippen LogP contribution in [0.3, 0.4) is 0 Å². The fourth-order valence-corrected chi connectivity index (χ4v) is 28.5. The Morgan fingerprint density at radius 3 is 1.34 bits per heavy atom. The minimum atomic E-state index is -2.39. The van der Waals surface area contributed by atoms with Crippen LogP contribution >= 0.6 is 0 Å². The van der Waals surface area contributed by atoms with Crippen molar-refractivity contribution in [2.24, 2.45) is 5.92 Å². The van der Waals surface area contributed by atoms with E-state index in [4.69, 9.17) is 16.5 Å². The molecule has 0 saturated heterocycles. The van der Waals surface area contributed by atoms with Gasteiger partial charge in [-0.15, -0.1) is 0 Å². The van der Waals surface area contributed by atoms with Crippen molar-refractivity contribution in [3.63, 3.8) is 0 Å². The van der Waals surface area contributed by atoms with Crippen molar-refractivity contribution in [3.05, 3.63) is 0 Å². The van der Waals surface area contributed by atoms with Gasteiger partial charge in [0.05, 0.1) is 0 Å². The Bertz CT molecular complexity index is 537. The van der Waals surface area contributed by atoms with Crippen LogP contribution in [0, 0.1) is 5.92 Å². The Morgan fingerprint density at radius 1 is 0.543 bits per heavy atom. The zero-order valence-corrected chi connectivity index (χ0v) is 31.8. The van der Waals surface area contributed by atoms with E-state index in [2.05, 4.69) is 86.2 Å². The van der Waals surface area contributed by atoms with E-state index in [0.717, 1.165) is 24.4 Å². The summed E-state index contributed by atoms with van der Waals surface area (Å²) >= 11 is 0. The number of unbranched alkanes of at least 4 members (excludes halogenated alkanes) is 4. The summed E-state index contributed by atoms with van der Waals surface area (Å²) in [4.78, 5) is 0. The van der Waals surface area contributed by atoms with Gasteiger partial charge in [-0.05, 0) is 83.5 Å². The lowest BCUT2D eigenvalue weighted by atomic mass is 10.0. The first-order valence-electron chi connectivity index (χ1n) is 14.6. The maximum atomic E-state index is 6.97. The molecule has 3 unspecified atom stereocenters. The molecule has 0 aliphatic rings. The average Bonchev–Trinajstić information content (AvgIpc) is 2.64. The number of rotatable bonds is 19. The Labute approximate surface area is 227 Å². The standard InChI is InChI=1S/C24H60O4Si5.C2H6/c1-14-22-32(12,25-29(4,5)6)27-31(10,11)28-33(13,26-30(7,8)9)23-20-18-16-17-19-21-24(3)15-2;1-2/h24H,14-23H2,1-13H3;1-2H3. The van der Waals surface area contributed by atoms with Crippen molar-refractivity contribution in [2.75, 3.05) is 0 Å². The van der Waals surface area contributed by atoms with Crippen LogP contribution in [0.2, 0.25) is 77.6 Å². The van der Waals surface area contributed by atoms with E-state index in [9.17, 15) is 0 Å². The third-order valence-electron chi connectivity index (χ3n) is 5.70. The van der Waals surface area contributed by atoms with Gasteiger partial charge in [-0.1, -0.05) is 86.0 Å². The van der Waals surface area contributed by atoms with E-state index in [1.807, 2.05) is 13.8 Å². The van der Waals surface area contributed by atoms with Crippen LogP contribution in [0.25, 0.3) is 0 Å². The predicted octanol–water partition coefficient (Wildman–Crippen LogP) is 10.4. The third kappa shape index (κ3) is 21.5. The SMILES string of the molecule is CC.CCC[Si](C)(O[Si](C)(C)C)O[Si](C)(C)O[Si](C)(CCCCCCCC(C)CC)O[Si](C)(C)C. The summed E-state index contributed by atoms with van der Waals surface area (Å²) in [5, 5.41) is 0. The summed E-state index contributed by atoms with van der Waals surface area (Å²) in [5.74, 6) is 0.873. The number of hydrogen-bond acceptors (Lipinski definition) is 4. The van der Waals surface area contributed by atoms with Crippen molar-refractivity contribution in [3.8, 4) is 0 Å². The molecule has 35 heavy (non-hydrogen) atoms. The molecule has 0 aliphatic heterocycles. The van der Waals surface area contributed by atoms with Gasteiger partial charge < -0.3 is 16.5 Å². The molecule has 0 radical (unpaired) electrons. The molecule has 0 amide bonds. The first kappa shape index (κ1) is 38.1. The highest BCUT2D eigenvalue weighted by Gasteiger charge is 2.47. The molecular weight excluding hydrogens is 517 g/mol. The second kappa shape index (κ2) is 17.5. The van der Waals surface area contributed by atoms with Gasteiger partial charge in [0.25, 0.3) is 0 Å². The molecule has 214 valence electrons. The van der Waals surface area contributed by atoms with Gasteiger partial charge >= 0.3 is 25.7 Å². The van der Waals surface area contributed by atoms with E-state index in [0.29, 0.717) is 0 Å². The van der Waals surface area contributed by atoms with Crippen LogP contribution in [0.1, 0.15) is 86.0 Å². The molecule has 0 fully saturated rings. The molecule has 9 heteroatoms. The smallest absolute Gasteiger partial charge is 0.315 e. The van der Waals surface area contributed by atoms with Gasteiger partial charge in [0, 0.05) is 0 Å². The van der Waals surface area contributed by atoms with Crippen LogP contribution in [-0.4, -0.2) is 42.3 Å². The topological polar surface area (TPSA) is 36.9 Å². The second-order valence-electron chi connectivity index (χ2n) is 12.9. The van der Waals surface area contributed by atoms with Crippen LogP contribution in [-0.2, 0) is 16.5 Å². The van der Waals surface area contributed by atoms with Gasteiger partial charge in [-0.3, -0.25) is 0 Å². The zero-order chi connectivity index (χ0) is 28.0. The molecule has 0 aromatic heterocycles. The van der Waals surface area contributed by atoms with Crippen molar-refractivity contribution in [1.29, 1.82) is 0 Å². The normalized spacial score (nSPS) is 17.2. The Kier molecular flexibility index (Phi) is 19.0. The van der Waals surface area contributed by atoms with Gasteiger partial charge in [-0.25, -0.2) is 0 Å². The fourth-order valence-electron chi connectivity index (χ4n) is 4.73. The van der Waals surface area contributed by atoms with Gasteiger partial charge in [0.1, 0.15) is 0 Å². The second-order valence-corrected chi connectivity index (χ2v) is 32.9. The minimum Gasteiger partial charge on any atom is -0.437 e. The van der Waals surface area contributed by atoms with Crippen molar-refractivity contribution in [2.45, 2.75) is 164 Å². The molecule has 4 nitrogen and oxygen atoms in total. The molecule has 0 spiro atoms. The molecule has 3 atom stereocenters. The van der Waals surface area contributed by atoms with Gasteiger partial charge in [-0.2, -0.15) is 0 Å². The number of hydrogen-bond donors (Lipinski definition) is 0. The Morgan fingerprint density at radius 2 is 0.943 bits per heavy atom. The third-order valence-corrected chi connectivity index (χ3v) is 24.1. The highest BCUT2D eigenvalue weighted by molar-refractivity contribution is 6.90. The minimum absolute atomic E-state index is 0.873. The summed E-state index contributed by atoms with van der Waals surface area (Å²) in [5.41, 5.74) is 0. The summed E-state index contributed by atoms with van der Waals surface area (Å²) in [7, 11) is -10.4. The van der Waals surface area contributed by atoms with E-state index in [-0.39, 0.29) is 0 Å². The van der Waals surface area contributed by atoms with E-state index >= 15 is 0 Å². The monoisotopic (exact) mass is 582 g/mol. The van der Waals surface area contributed by atoms with E-state index in [1.54, 1.807) is 0 Å². The first-order chi connectivity index (χ1) is 15.8. The van der Waals surface area contributed by atoms with Crippen molar-refractivity contribution >= 4 is 42.3 Å². The summed E-state index contributed by atoms with van der Waals surface area (Å²) in [6, 6.07) is 2.10. The summed E-state index contributed by atoms with van der Waals surface area (Å²) in [6.45, 7) is 33.6. The molecule has 0 saturated carbocycles. The van der Waals surface area contributed by atoms with Crippen LogP contribution in [0.4, 0.5) is 0 Å². The average molecular weight is 583 g/mol. The molecule has 0 aliphatic carbocycles. The Hall–Kier alpha value is 0.924. The molecule has 0 rings (SSSR count). The largest absolute Gasteiger partial charge is 0.437 e. The van der Waals surface area contributed by atoms with Crippen LogP contribution in [0.15, 0.2) is 0 Å². The highest BCUT2D eigenvalue weighted by atomic mass is 28.5. The van der Waals surface area contributed by atoms with E-state index < -0.39 is 42.3 Å². The predicted molar refractivity (Wildman–Crippen MR) is 170 cm³/mol. The summed E-state index contributed by atoms with van der Waals surface area (Å²) in [6.07, 6.45) is 10.3. The molecule has 0 aromatic rings. The lowest BCUT2D eigenvalue weighted by Gasteiger charge is -2.43. The quantitative estimate of drug-likeness (QED) is 0.112. The lowest BCUT2D eigenvalue weighted by Crippen LogP contribution is -2.59. The summed E-state index contributed by atoms with van der Waals surface area (Å²) < 4.78 is 27.3. The Balaban J connectivity index is 0. The lowest BCUT2D eigenvalue weighted by molar-refractivity contribution is 0.289. The highest BCUT2D eigenvalue weighted by Crippen LogP contribution is 2.31. The van der Waals surface area contributed by atoms with Gasteiger partial charge in [0.2, 0.25) is 0 Å². The van der Waals surface area contributed by atoms with Crippen molar-refractivity contribution < 1.29 is 16.5 Å². The molecular formula is C26H66O4Si5. The maximum Gasteiger partial charge on any atom is 0.315 e. The zero-order valence-electron chi connectivity index (χ0n) is 26.8. The van der Waals surface area contributed by atoms with E-state index in [1.165, 1.54) is 44.9 Å². The van der Waals surface area contributed by atoms with Crippen LogP contribution in [0.5, 0.6) is 0 Å². The first-order valence-corrected chi connectivity index (χ1v) is 29.3. The van der Waals surface area contributed by atoms with Gasteiger partial charge in [0.15, 0.2) is 16.6 Å². The maximum absolute atomic E-state index is 6.97. The fraction of sp³-hybridized carbons (Fsp3) is 1.00. The van der Waals surface area contributed by atoms with Crippen molar-refractivity contribution in [1.82, 2.24) is 0 Å². The van der Waals surface area contributed by atoms with Crippen LogP contribution < -0.4 is 0 Å². The molecule has 0 bridgehead atoms. The molecule has 0 heterocycles.